The van der Waals surface area contributed by atoms with E-state index in [1.165, 1.54) is 28.7 Å². The number of hydrogen-bond acceptors (Lipinski definition) is 8. The molecule has 1 aliphatic heterocycles. The van der Waals surface area contributed by atoms with Crippen molar-refractivity contribution in [3.05, 3.63) is 33.0 Å². The van der Waals surface area contributed by atoms with Gasteiger partial charge in [-0.05, 0) is 37.8 Å². The number of nitrogen functional groups attached to an aromatic ring is 1. The van der Waals surface area contributed by atoms with E-state index in [0.29, 0.717) is 42.9 Å². The average molecular weight is 479 g/mol. The molecule has 32 heavy (non-hydrogen) atoms. The van der Waals surface area contributed by atoms with E-state index in [4.69, 9.17) is 11.5 Å². The van der Waals surface area contributed by atoms with Crippen molar-refractivity contribution in [2.45, 2.75) is 38.3 Å². The molecule has 4 heterocycles. The molecule has 0 saturated carbocycles. The number of nitrogens with two attached hydrogens (primary N) is 2. The van der Waals surface area contributed by atoms with Gasteiger partial charge in [0.15, 0.2) is 11.6 Å². The number of pyridine rings is 1. The minimum Gasteiger partial charge on any atom is -0.396 e. The lowest BCUT2D eigenvalue weighted by Gasteiger charge is -2.27. The highest BCUT2D eigenvalue weighted by molar-refractivity contribution is 7.29. The van der Waals surface area contributed by atoms with Gasteiger partial charge in [0.25, 0.3) is 5.91 Å². The molecule has 1 fully saturated rings. The maximum Gasteiger partial charge on any atom is 0.263 e. The molecule has 0 radical (unpaired) electrons. The quantitative estimate of drug-likeness (QED) is 0.532. The number of fused-ring (bicyclic) bond motifs is 2. The maximum atomic E-state index is 14.9. The molecule has 170 valence electrons. The second kappa shape index (κ2) is 8.20. The number of aromatic nitrogens is 2. The summed E-state index contributed by atoms with van der Waals surface area (Å²) in [4.78, 5) is 24.8. The zero-order valence-electron chi connectivity index (χ0n) is 17.5. The maximum absolute atomic E-state index is 14.9. The van der Waals surface area contributed by atoms with Crippen LogP contribution in [0.5, 0.6) is 0 Å². The lowest BCUT2D eigenvalue weighted by Crippen LogP contribution is -2.39. The van der Waals surface area contributed by atoms with Crippen molar-refractivity contribution >= 4 is 49.6 Å². The van der Waals surface area contributed by atoms with Crippen LogP contribution in [0.2, 0.25) is 0 Å². The molecule has 11 heteroatoms. The van der Waals surface area contributed by atoms with E-state index in [0.717, 1.165) is 25.8 Å². The molecule has 3 aromatic heterocycles. The van der Waals surface area contributed by atoms with E-state index >= 15 is 0 Å². The zero-order chi connectivity index (χ0) is 22.6. The number of aryl methyl sites for hydroxylation is 2. The number of thiophene rings is 1. The summed E-state index contributed by atoms with van der Waals surface area (Å²) in [7, 11) is 0. The number of rotatable bonds is 4. The Kier molecular flexibility index (Phi) is 5.50. The normalized spacial score (nSPS) is 23.0. The first-order valence-electron chi connectivity index (χ1n) is 10.5. The molecule has 7 nitrogen and oxygen atoms in total. The Hall–Kier alpha value is -2.37. The molecule has 0 bridgehead atoms. The SMILES string of the molecule is Cc1nc2sc(C(=O)NC3CCc4nc(N5CC(N)C(CF)C5)c(F)cc4C3)c(N)c2s1. The van der Waals surface area contributed by atoms with E-state index in [-0.39, 0.29) is 29.7 Å². The van der Waals surface area contributed by atoms with Crippen LogP contribution in [-0.2, 0) is 12.8 Å². The van der Waals surface area contributed by atoms with Gasteiger partial charge in [-0.2, -0.15) is 0 Å². The highest BCUT2D eigenvalue weighted by atomic mass is 32.1. The van der Waals surface area contributed by atoms with Gasteiger partial charge in [-0.1, -0.05) is 0 Å². The zero-order valence-corrected chi connectivity index (χ0v) is 19.2. The molecule has 3 atom stereocenters. The number of halogens is 2. The van der Waals surface area contributed by atoms with Crippen molar-refractivity contribution in [3.8, 4) is 0 Å². The van der Waals surface area contributed by atoms with Crippen molar-refractivity contribution in [1.29, 1.82) is 0 Å². The fourth-order valence-corrected chi connectivity index (χ4v) is 6.62. The summed E-state index contributed by atoms with van der Waals surface area (Å²) < 4.78 is 28.8. The predicted molar refractivity (Wildman–Crippen MR) is 124 cm³/mol. The molecular weight excluding hydrogens is 454 g/mol. The predicted octanol–water partition coefficient (Wildman–Crippen LogP) is 2.80. The van der Waals surface area contributed by atoms with E-state index in [1.54, 1.807) is 4.90 Å². The van der Waals surface area contributed by atoms with Crippen LogP contribution in [0.4, 0.5) is 20.3 Å². The summed E-state index contributed by atoms with van der Waals surface area (Å²) in [6.07, 6.45) is 1.81. The number of nitrogens with zero attached hydrogens (tertiary/aromatic N) is 3. The van der Waals surface area contributed by atoms with Gasteiger partial charge in [-0.3, -0.25) is 9.18 Å². The molecule has 2 aliphatic rings. The topological polar surface area (TPSA) is 110 Å². The monoisotopic (exact) mass is 478 g/mol. The molecule has 0 spiro atoms. The fourth-order valence-electron chi connectivity index (χ4n) is 4.52. The van der Waals surface area contributed by atoms with Crippen molar-refractivity contribution in [1.82, 2.24) is 15.3 Å². The third kappa shape index (κ3) is 3.71. The molecule has 0 aromatic carbocycles. The van der Waals surface area contributed by atoms with E-state index in [2.05, 4.69) is 15.3 Å². The summed E-state index contributed by atoms with van der Waals surface area (Å²) in [5.74, 6) is -0.721. The molecule has 1 amide bonds. The van der Waals surface area contributed by atoms with E-state index in [9.17, 15) is 13.6 Å². The molecule has 5 N–H and O–H groups in total. The van der Waals surface area contributed by atoms with Gasteiger partial charge in [-0.25, -0.2) is 14.4 Å². The minimum atomic E-state index is -0.520. The Balaban J connectivity index is 1.30. The van der Waals surface area contributed by atoms with Crippen LogP contribution >= 0.6 is 22.7 Å². The van der Waals surface area contributed by atoms with Crippen LogP contribution < -0.4 is 21.7 Å². The first-order chi connectivity index (χ1) is 15.3. The fraction of sp³-hybridized carbons (Fsp3) is 0.476. The van der Waals surface area contributed by atoms with Crippen molar-refractivity contribution in [2.75, 3.05) is 30.4 Å². The number of hydrogen-bond donors (Lipinski definition) is 3. The lowest BCUT2D eigenvalue weighted by molar-refractivity contribution is 0.0938. The van der Waals surface area contributed by atoms with Gasteiger partial charge in [0, 0.05) is 36.8 Å². The number of carbonyl (C=O) groups is 1. The lowest BCUT2D eigenvalue weighted by atomic mass is 9.91. The highest BCUT2D eigenvalue weighted by Crippen LogP contribution is 2.37. The van der Waals surface area contributed by atoms with Crippen molar-refractivity contribution < 1.29 is 13.6 Å². The van der Waals surface area contributed by atoms with Crippen LogP contribution in [0.25, 0.3) is 9.53 Å². The molecular formula is C21H24F2N6OS2. The Bertz CT molecular complexity index is 1190. The summed E-state index contributed by atoms with van der Waals surface area (Å²) in [5.41, 5.74) is 14.2. The third-order valence-corrected chi connectivity index (χ3v) is 8.48. The van der Waals surface area contributed by atoms with Crippen molar-refractivity contribution in [3.63, 3.8) is 0 Å². The Labute approximate surface area is 191 Å². The summed E-state index contributed by atoms with van der Waals surface area (Å²) in [6.45, 7) is 2.15. The Morgan fingerprint density at radius 3 is 2.88 bits per heavy atom. The van der Waals surface area contributed by atoms with Gasteiger partial charge in [0.1, 0.15) is 9.71 Å². The minimum absolute atomic E-state index is 0.132. The number of alkyl halides is 1. The van der Waals surface area contributed by atoms with Crippen LogP contribution in [0.3, 0.4) is 0 Å². The van der Waals surface area contributed by atoms with Gasteiger partial charge >= 0.3 is 0 Å². The summed E-state index contributed by atoms with van der Waals surface area (Å²) in [6, 6.07) is 1.04. The third-order valence-electron chi connectivity index (χ3n) is 6.24. The molecule has 1 aliphatic carbocycles. The standard InChI is InChI=1S/C21H24F2N6OS2/c1-9-26-21-18(31-9)16(25)17(32-21)20(30)27-12-2-3-15-10(4-12)5-13(23)19(28-15)29-7-11(6-22)14(24)8-29/h5,11-12,14H,2-4,6-8,24-25H2,1H3,(H,27,30). The van der Waals surface area contributed by atoms with Crippen LogP contribution in [0.15, 0.2) is 6.07 Å². The molecule has 3 aromatic rings. The Morgan fingerprint density at radius 2 is 2.16 bits per heavy atom. The number of thiazole rings is 1. The van der Waals surface area contributed by atoms with Gasteiger partial charge in [0.05, 0.1) is 22.1 Å². The number of amides is 1. The number of anilines is 2. The number of nitrogens with one attached hydrogen (secondary N) is 1. The first-order valence-corrected chi connectivity index (χ1v) is 12.2. The molecule has 1 saturated heterocycles. The summed E-state index contributed by atoms with van der Waals surface area (Å²) in [5, 5.41) is 3.96. The van der Waals surface area contributed by atoms with E-state index < -0.39 is 12.5 Å². The van der Waals surface area contributed by atoms with Crippen molar-refractivity contribution in [2.24, 2.45) is 11.7 Å². The van der Waals surface area contributed by atoms with Crippen LogP contribution in [0, 0.1) is 18.7 Å². The van der Waals surface area contributed by atoms with Gasteiger partial charge < -0.3 is 21.7 Å². The Morgan fingerprint density at radius 1 is 1.34 bits per heavy atom. The smallest absolute Gasteiger partial charge is 0.263 e. The van der Waals surface area contributed by atoms with Crippen LogP contribution in [0.1, 0.15) is 32.4 Å². The van der Waals surface area contributed by atoms with Gasteiger partial charge in [-0.15, -0.1) is 22.7 Å². The van der Waals surface area contributed by atoms with Gasteiger partial charge in [0.2, 0.25) is 0 Å². The highest BCUT2D eigenvalue weighted by Gasteiger charge is 2.33. The van der Waals surface area contributed by atoms with E-state index in [1.807, 2.05) is 6.92 Å². The average Bonchev–Trinajstić information content (AvgIpc) is 3.40. The first kappa shape index (κ1) is 21.5. The second-order valence-electron chi connectivity index (χ2n) is 8.51. The molecule has 5 rings (SSSR count). The molecule has 3 unspecified atom stereocenters. The largest absolute Gasteiger partial charge is 0.396 e. The second-order valence-corrected chi connectivity index (χ2v) is 10.7. The summed E-state index contributed by atoms with van der Waals surface area (Å²) >= 11 is 2.78. The number of carbonyl (C=O) groups excluding carboxylic acids is 1. The van der Waals surface area contributed by atoms with Crippen LogP contribution in [-0.4, -0.2) is 47.7 Å².